The standard InChI is InChI=1S/C33H34N4O3S3/c1-21-12-14-24(15-13-21)34-33(41)35-25-10-7-11-26(18-25)42-22(2)30(38)36-31-29(32(39)40-3)27-16-17-37(20-28(27)43-31)19-23-8-5-4-6-9-23/h4-15,18,22H,16-17,19-20H2,1-3H3,(H,36,38)(H2,34,35,41). The quantitative estimate of drug-likeness (QED) is 0.101. The van der Waals surface area contributed by atoms with Crippen LogP contribution in [0, 0.1) is 6.92 Å². The van der Waals surface area contributed by atoms with Crippen molar-refractivity contribution in [1.82, 2.24) is 4.90 Å². The van der Waals surface area contributed by atoms with Crippen molar-refractivity contribution in [3.05, 3.63) is 106 Å². The van der Waals surface area contributed by atoms with Gasteiger partial charge in [0.15, 0.2) is 5.11 Å². The number of thioether (sulfide) groups is 1. The molecule has 1 atom stereocenters. The van der Waals surface area contributed by atoms with Crippen molar-refractivity contribution < 1.29 is 14.3 Å². The molecule has 0 saturated carbocycles. The Morgan fingerprint density at radius 2 is 1.74 bits per heavy atom. The fraction of sp³-hybridized carbons (Fsp3) is 0.242. The highest BCUT2D eigenvalue weighted by molar-refractivity contribution is 8.00. The Bertz CT molecular complexity index is 1610. The summed E-state index contributed by atoms with van der Waals surface area (Å²) in [7, 11) is 1.38. The van der Waals surface area contributed by atoms with Gasteiger partial charge in [-0.05, 0) is 73.9 Å². The molecule has 3 aromatic carbocycles. The Morgan fingerprint density at radius 3 is 2.49 bits per heavy atom. The first-order valence-corrected chi connectivity index (χ1v) is 16.1. The second-order valence-corrected chi connectivity index (χ2v) is 13.3. The lowest BCUT2D eigenvalue weighted by Crippen LogP contribution is -2.29. The van der Waals surface area contributed by atoms with Gasteiger partial charge in [-0.2, -0.15) is 0 Å². The van der Waals surface area contributed by atoms with Gasteiger partial charge in [-0.25, -0.2) is 4.79 Å². The lowest BCUT2D eigenvalue weighted by molar-refractivity contribution is -0.115. The van der Waals surface area contributed by atoms with E-state index in [0.29, 0.717) is 15.7 Å². The molecule has 1 aliphatic rings. The van der Waals surface area contributed by atoms with Crippen LogP contribution < -0.4 is 16.0 Å². The molecule has 1 aliphatic heterocycles. The Labute approximate surface area is 266 Å². The third-order valence-electron chi connectivity index (χ3n) is 7.09. The molecule has 5 rings (SSSR count). The van der Waals surface area contributed by atoms with Crippen molar-refractivity contribution in [2.75, 3.05) is 29.6 Å². The van der Waals surface area contributed by atoms with Crippen LogP contribution in [0.4, 0.5) is 16.4 Å². The van der Waals surface area contributed by atoms with Crippen LogP contribution in [-0.4, -0.2) is 40.8 Å². The maximum absolute atomic E-state index is 13.4. The third-order valence-corrected chi connectivity index (χ3v) is 9.52. The summed E-state index contributed by atoms with van der Waals surface area (Å²) < 4.78 is 5.12. The van der Waals surface area contributed by atoms with Gasteiger partial charge in [0.25, 0.3) is 0 Å². The van der Waals surface area contributed by atoms with Crippen molar-refractivity contribution in [3.63, 3.8) is 0 Å². The van der Waals surface area contributed by atoms with Gasteiger partial charge in [0.2, 0.25) is 5.91 Å². The number of nitrogens with zero attached hydrogens (tertiary/aromatic N) is 1. The average Bonchev–Trinajstić information content (AvgIpc) is 3.35. The van der Waals surface area contributed by atoms with Gasteiger partial charge in [-0.3, -0.25) is 9.69 Å². The van der Waals surface area contributed by atoms with E-state index >= 15 is 0 Å². The summed E-state index contributed by atoms with van der Waals surface area (Å²) in [6.07, 6.45) is 0.726. The van der Waals surface area contributed by atoms with Gasteiger partial charge in [-0.1, -0.05) is 54.1 Å². The monoisotopic (exact) mass is 630 g/mol. The molecule has 0 radical (unpaired) electrons. The molecule has 4 aromatic rings. The maximum atomic E-state index is 13.4. The number of aryl methyl sites for hydroxylation is 1. The number of anilines is 3. The molecule has 2 heterocycles. The summed E-state index contributed by atoms with van der Waals surface area (Å²) in [5.74, 6) is -0.594. The highest BCUT2D eigenvalue weighted by Crippen LogP contribution is 2.38. The van der Waals surface area contributed by atoms with Crippen LogP contribution in [0.5, 0.6) is 0 Å². The molecular weight excluding hydrogens is 597 g/mol. The number of ether oxygens (including phenoxy) is 1. The number of carbonyl (C=O) groups excluding carboxylic acids is 2. The van der Waals surface area contributed by atoms with Gasteiger partial charge >= 0.3 is 5.97 Å². The Hall–Kier alpha value is -3.70. The Kier molecular flexibility index (Phi) is 10.1. The zero-order valence-corrected chi connectivity index (χ0v) is 26.8. The highest BCUT2D eigenvalue weighted by Gasteiger charge is 2.30. The molecule has 1 unspecified atom stereocenters. The minimum absolute atomic E-state index is 0.176. The van der Waals surface area contributed by atoms with E-state index in [-0.39, 0.29) is 5.91 Å². The Morgan fingerprint density at radius 1 is 1.00 bits per heavy atom. The fourth-order valence-corrected chi connectivity index (χ4v) is 7.33. The van der Waals surface area contributed by atoms with Crippen LogP contribution in [0.25, 0.3) is 0 Å². The summed E-state index contributed by atoms with van der Waals surface area (Å²) in [5, 5.41) is 10.1. The summed E-state index contributed by atoms with van der Waals surface area (Å²) >= 11 is 8.39. The minimum Gasteiger partial charge on any atom is -0.465 e. The molecule has 7 nitrogen and oxygen atoms in total. The van der Waals surface area contributed by atoms with Crippen molar-refractivity contribution in [2.24, 2.45) is 0 Å². The number of thiocarbonyl (C=S) groups is 1. The van der Waals surface area contributed by atoms with E-state index in [2.05, 4.69) is 33.0 Å². The lowest BCUT2D eigenvalue weighted by atomic mass is 10.0. The molecule has 43 heavy (non-hydrogen) atoms. The highest BCUT2D eigenvalue weighted by atomic mass is 32.2. The fourth-order valence-electron chi connectivity index (χ4n) is 4.89. The van der Waals surface area contributed by atoms with Gasteiger partial charge in [0, 0.05) is 40.8 Å². The number of fused-ring (bicyclic) bond motifs is 1. The first kappa shape index (κ1) is 30.7. The zero-order chi connectivity index (χ0) is 30.3. The summed E-state index contributed by atoms with van der Waals surface area (Å²) in [6, 6.07) is 26.1. The zero-order valence-electron chi connectivity index (χ0n) is 24.3. The maximum Gasteiger partial charge on any atom is 0.341 e. The molecule has 0 aliphatic carbocycles. The van der Waals surface area contributed by atoms with Gasteiger partial charge in [0.05, 0.1) is 17.9 Å². The van der Waals surface area contributed by atoms with E-state index in [9.17, 15) is 9.59 Å². The van der Waals surface area contributed by atoms with E-state index in [1.54, 1.807) is 0 Å². The number of nitrogens with one attached hydrogen (secondary N) is 3. The predicted molar refractivity (Wildman–Crippen MR) is 181 cm³/mol. The van der Waals surface area contributed by atoms with Gasteiger partial charge < -0.3 is 20.7 Å². The van der Waals surface area contributed by atoms with E-state index < -0.39 is 11.2 Å². The number of thiophene rings is 1. The van der Waals surface area contributed by atoms with Gasteiger partial charge in [0.1, 0.15) is 5.00 Å². The number of amides is 1. The molecule has 1 amide bonds. The topological polar surface area (TPSA) is 82.7 Å². The summed E-state index contributed by atoms with van der Waals surface area (Å²) in [6.45, 7) is 6.28. The average molecular weight is 631 g/mol. The SMILES string of the molecule is COC(=O)c1c(NC(=O)C(C)Sc2cccc(NC(=S)Nc3ccc(C)cc3)c2)sc2c1CCN(Cc1ccccc1)C2. The van der Waals surface area contributed by atoms with Crippen molar-refractivity contribution in [1.29, 1.82) is 0 Å². The van der Waals surface area contributed by atoms with Crippen molar-refractivity contribution in [3.8, 4) is 0 Å². The minimum atomic E-state index is -0.418. The van der Waals surface area contributed by atoms with Crippen LogP contribution in [0.1, 0.15) is 38.8 Å². The second kappa shape index (κ2) is 14.2. The van der Waals surface area contributed by atoms with Crippen molar-refractivity contribution >= 4 is 68.7 Å². The van der Waals surface area contributed by atoms with Crippen LogP contribution in [0.2, 0.25) is 0 Å². The van der Waals surface area contributed by atoms with E-state index in [1.165, 1.54) is 41.3 Å². The lowest BCUT2D eigenvalue weighted by Gasteiger charge is -2.27. The van der Waals surface area contributed by atoms with Crippen LogP contribution in [0.15, 0.2) is 83.8 Å². The van der Waals surface area contributed by atoms with Crippen LogP contribution in [0.3, 0.4) is 0 Å². The number of hydrogen-bond acceptors (Lipinski definition) is 7. The molecule has 0 bridgehead atoms. The second-order valence-electron chi connectivity index (χ2n) is 10.4. The van der Waals surface area contributed by atoms with Crippen LogP contribution >= 0.6 is 35.3 Å². The molecule has 10 heteroatoms. The molecule has 3 N–H and O–H groups in total. The molecule has 222 valence electrons. The van der Waals surface area contributed by atoms with Crippen molar-refractivity contribution in [2.45, 2.75) is 43.5 Å². The Balaban J connectivity index is 1.23. The third kappa shape index (κ3) is 8.03. The van der Waals surface area contributed by atoms with E-state index in [4.69, 9.17) is 17.0 Å². The normalized spacial score (nSPS) is 13.5. The molecule has 0 fully saturated rings. The number of carbonyl (C=O) groups is 2. The summed E-state index contributed by atoms with van der Waals surface area (Å²) in [5.41, 5.74) is 5.61. The number of hydrogen-bond donors (Lipinski definition) is 3. The molecule has 0 spiro atoms. The van der Waals surface area contributed by atoms with E-state index in [0.717, 1.165) is 52.8 Å². The molecular formula is C33H34N4O3S3. The number of benzene rings is 3. The summed E-state index contributed by atoms with van der Waals surface area (Å²) in [4.78, 5) is 30.6. The number of methoxy groups -OCH3 is 1. The van der Waals surface area contributed by atoms with Gasteiger partial charge in [-0.15, -0.1) is 23.1 Å². The predicted octanol–water partition coefficient (Wildman–Crippen LogP) is 7.33. The molecule has 1 aromatic heterocycles. The molecule has 0 saturated heterocycles. The number of esters is 1. The smallest absolute Gasteiger partial charge is 0.341 e. The van der Waals surface area contributed by atoms with E-state index in [1.807, 2.05) is 80.6 Å². The van der Waals surface area contributed by atoms with Crippen LogP contribution in [-0.2, 0) is 29.0 Å². The number of rotatable bonds is 9. The first-order valence-electron chi connectivity index (χ1n) is 14.0. The first-order chi connectivity index (χ1) is 20.8. The largest absolute Gasteiger partial charge is 0.465 e.